The summed E-state index contributed by atoms with van der Waals surface area (Å²) >= 11 is 0. The maximum Gasteiger partial charge on any atom is 0.182 e. The molecule has 0 radical (unpaired) electrons. The first kappa shape index (κ1) is 20.9. The fourth-order valence-corrected chi connectivity index (χ4v) is 6.35. The van der Waals surface area contributed by atoms with Gasteiger partial charge >= 0.3 is 0 Å². The molecule has 0 heterocycles. The number of nitrogens with two attached hydrogens (primary N) is 1. The van der Waals surface area contributed by atoms with Crippen LogP contribution in [-0.2, 0) is 35.6 Å². The molecule has 2 aliphatic rings. The monoisotopic (exact) mass is 441 g/mol. The van der Waals surface area contributed by atoms with Gasteiger partial charge in [-0.25, -0.2) is 8.42 Å². The van der Waals surface area contributed by atoms with Gasteiger partial charge in [0.1, 0.15) is 0 Å². The minimum absolute atomic E-state index is 0.00314. The zero-order valence-corrected chi connectivity index (χ0v) is 18.9. The van der Waals surface area contributed by atoms with Gasteiger partial charge in [-0.05, 0) is 70.2 Å². The topological polar surface area (TPSA) is 60.2 Å². The highest BCUT2D eigenvalue weighted by atomic mass is 32.2. The Labute approximate surface area is 190 Å². The van der Waals surface area contributed by atoms with Gasteiger partial charge in [0, 0.05) is 6.54 Å². The quantitative estimate of drug-likeness (QED) is 0.582. The first-order valence-electron chi connectivity index (χ1n) is 11.2. The van der Waals surface area contributed by atoms with Crippen LogP contribution in [0.4, 0.5) is 0 Å². The van der Waals surface area contributed by atoms with Crippen LogP contribution in [0.2, 0.25) is 0 Å². The highest BCUT2D eigenvalue weighted by Crippen LogP contribution is 2.41. The summed E-state index contributed by atoms with van der Waals surface area (Å²) in [5.41, 5.74) is 15.1. The van der Waals surface area contributed by atoms with Crippen LogP contribution >= 0.6 is 0 Å². The molecule has 0 atom stereocenters. The number of fused-ring (bicyclic) bond motifs is 5. The molecule has 0 saturated carbocycles. The van der Waals surface area contributed by atoms with E-state index in [0.29, 0.717) is 11.4 Å². The average Bonchev–Trinajstić information content (AvgIpc) is 2.83. The van der Waals surface area contributed by atoms with Gasteiger partial charge in [-0.1, -0.05) is 78.9 Å². The number of hydrogen-bond acceptors (Lipinski definition) is 3. The molecule has 32 heavy (non-hydrogen) atoms. The van der Waals surface area contributed by atoms with E-state index in [1.807, 2.05) is 42.5 Å². The molecule has 0 unspecified atom stereocenters. The summed E-state index contributed by atoms with van der Waals surface area (Å²) in [7, 11) is -3.41. The lowest BCUT2D eigenvalue weighted by molar-refractivity contribution is 0.608. The number of hydrogen-bond donors (Lipinski definition) is 1. The van der Waals surface area contributed by atoms with E-state index in [1.165, 1.54) is 27.8 Å². The van der Waals surface area contributed by atoms with Crippen LogP contribution < -0.4 is 5.73 Å². The lowest BCUT2D eigenvalue weighted by Crippen LogP contribution is -2.15. The maximum atomic E-state index is 13.3. The Morgan fingerprint density at radius 2 is 1.56 bits per heavy atom. The van der Waals surface area contributed by atoms with Gasteiger partial charge in [-0.15, -0.1) is 0 Å². The molecular weight excluding hydrogens is 414 g/mol. The fraction of sp³-hybridized carbons (Fsp3) is 0.214. The first-order valence-corrected chi connectivity index (χ1v) is 12.8. The van der Waals surface area contributed by atoms with Crippen molar-refractivity contribution >= 4 is 20.8 Å². The van der Waals surface area contributed by atoms with Gasteiger partial charge in [0.05, 0.1) is 10.7 Å². The summed E-state index contributed by atoms with van der Waals surface area (Å²) in [4.78, 5) is 0.489. The van der Waals surface area contributed by atoms with Crippen LogP contribution in [-0.4, -0.2) is 14.2 Å². The molecule has 4 heteroatoms. The van der Waals surface area contributed by atoms with E-state index in [4.69, 9.17) is 5.73 Å². The summed E-state index contributed by atoms with van der Waals surface area (Å²) in [6.07, 6.45) is 9.18. The predicted octanol–water partition coefficient (Wildman–Crippen LogP) is 5.33. The Morgan fingerprint density at radius 1 is 0.812 bits per heavy atom. The summed E-state index contributed by atoms with van der Waals surface area (Å²) in [6, 6.07) is 20.6. The second-order valence-corrected chi connectivity index (χ2v) is 10.5. The van der Waals surface area contributed by atoms with Crippen molar-refractivity contribution in [1.82, 2.24) is 0 Å². The molecule has 3 aromatic rings. The van der Waals surface area contributed by atoms with Crippen LogP contribution in [0.25, 0.3) is 22.1 Å². The Bertz CT molecular complexity index is 1330. The normalized spacial score (nSPS) is 15.1. The van der Waals surface area contributed by atoms with Crippen molar-refractivity contribution in [2.45, 2.75) is 32.2 Å². The van der Waals surface area contributed by atoms with E-state index in [9.17, 15) is 8.42 Å². The number of sulfone groups is 1. The Hall–Kier alpha value is -2.95. The van der Waals surface area contributed by atoms with Gasteiger partial charge in [0.25, 0.3) is 0 Å². The second kappa shape index (κ2) is 8.53. The van der Waals surface area contributed by atoms with Gasteiger partial charge in [-0.2, -0.15) is 0 Å². The molecule has 0 spiro atoms. The number of aryl methyl sites for hydroxylation is 1. The van der Waals surface area contributed by atoms with E-state index >= 15 is 0 Å². The number of allylic oxidation sites excluding steroid dienone is 1. The lowest BCUT2D eigenvalue weighted by Gasteiger charge is -2.27. The van der Waals surface area contributed by atoms with E-state index in [2.05, 4.69) is 30.3 Å². The standard InChI is InChI=1S/C28H27NO2S/c29-19-21-12-10-20(11-13-21)5-4-18-32(30,31)28-9-3-8-24-26-15-14-22-6-1-2-7-23(22)25(26)16-17-27(24)28/h1-2,4-7,9-13,16-17H,3,8,14-15,18-19,29H2. The maximum absolute atomic E-state index is 13.3. The van der Waals surface area contributed by atoms with Crippen LogP contribution in [0, 0.1) is 0 Å². The van der Waals surface area contributed by atoms with E-state index in [0.717, 1.165) is 42.4 Å². The Balaban J connectivity index is 1.43. The minimum Gasteiger partial charge on any atom is -0.326 e. The molecule has 5 rings (SSSR count). The van der Waals surface area contributed by atoms with Gasteiger partial charge in [0.15, 0.2) is 9.84 Å². The molecule has 0 bridgehead atoms. The zero-order valence-electron chi connectivity index (χ0n) is 18.1. The smallest absolute Gasteiger partial charge is 0.182 e. The summed E-state index contributed by atoms with van der Waals surface area (Å²) in [5.74, 6) is -0.00314. The van der Waals surface area contributed by atoms with Crippen molar-refractivity contribution < 1.29 is 8.42 Å². The zero-order chi connectivity index (χ0) is 22.1. The Kier molecular flexibility index (Phi) is 5.58. The molecule has 2 aliphatic carbocycles. The number of rotatable bonds is 5. The third kappa shape index (κ3) is 3.85. The average molecular weight is 442 g/mol. The summed E-state index contributed by atoms with van der Waals surface area (Å²) in [6.45, 7) is 0.501. The molecule has 0 amide bonds. The molecule has 162 valence electrons. The largest absolute Gasteiger partial charge is 0.326 e. The van der Waals surface area contributed by atoms with Crippen LogP contribution in [0.5, 0.6) is 0 Å². The fourth-order valence-electron chi connectivity index (χ4n) is 4.93. The minimum atomic E-state index is -3.41. The molecule has 3 aromatic carbocycles. The van der Waals surface area contributed by atoms with Crippen molar-refractivity contribution in [2.75, 3.05) is 5.75 Å². The van der Waals surface area contributed by atoms with Crippen molar-refractivity contribution in [3.63, 3.8) is 0 Å². The molecule has 3 nitrogen and oxygen atoms in total. The summed E-state index contributed by atoms with van der Waals surface area (Å²) in [5, 5.41) is 0. The number of benzene rings is 3. The van der Waals surface area contributed by atoms with Crippen LogP contribution in [0.15, 0.2) is 72.8 Å². The third-order valence-electron chi connectivity index (χ3n) is 6.55. The van der Waals surface area contributed by atoms with Crippen molar-refractivity contribution in [2.24, 2.45) is 5.73 Å². The SMILES string of the molecule is NCc1ccc(C=CCS(=O)(=O)C2=CCCc3c2ccc2c3CCc3ccccc3-2)cc1. The third-order valence-corrected chi connectivity index (χ3v) is 8.24. The van der Waals surface area contributed by atoms with Gasteiger partial charge in [-0.3, -0.25) is 0 Å². The van der Waals surface area contributed by atoms with E-state index < -0.39 is 9.84 Å². The van der Waals surface area contributed by atoms with Crippen molar-refractivity contribution in [3.8, 4) is 11.1 Å². The van der Waals surface area contributed by atoms with E-state index in [1.54, 1.807) is 6.08 Å². The highest BCUT2D eigenvalue weighted by Gasteiger charge is 2.27. The van der Waals surface area contributed by atoms with Crippen molar-refractivity contribution in [1.29, 1.82) is 0 Å². The van der Waals surface area contributed by atoms with Crippen molar-refractivity contribution in [3.05, 3.63) is 106 Å². The molecule has 0 aliphatic heterocycles. The molecule has 0 fully saturated rings. The second-order valence-electron chi connectivity index (χ2n) is 8.51. The summed E-state index contributed by atoms with van der Waals surface area (Å²) < 4.78 is 26.5. The highest BCUT2D eigenvalue weighted by molar-refractivity contribution is 8.00. The lowest BCUT2D eigenvalue weighted by atomic mass is 9.79. The predicted molar refractivity (Wildman–Crippen MR) is 133 cm³/mol. The molecular formula is C28H27NO2S. The van der Waals surface area contributed by atoms with Crippen LogP contribution in [0.3, 0.4) is 0 Å². The molecule has 2 N–H and O–H groups in total. The van der Waals surface area contributed by atoms with E-state index in [-0.39, 0.29) is 5.75 Å². The molecule has 0 aromatic heterocycles. The van der Waals surface area contributed by atoms with Gasteiger partial charge < -0.3 is 5.73 Å². The molecule has 0 saturated heterocycles. The van der Waals surface area contributed by atoms with Gasteiger partial charge in [0.2, 0.25) is 0 Å². The van der Waals surface area contributed by atoms with Crippen LogP contribution in [0.1, 0.15) is 39.8 Å². The first-order chi connectivity index (χ1) is 15.6. The Morgan fingerprint density at radius 3 is 2.38 bits per heavy atom.